The van der Waals surface area contributed by atoms with Gasteiger partial charge in [-0.25, -0.2) is 24.3 Å². The number of rotatable bonds is 5. The number of nitrogens with one attached hydrogen (secondary N) is 1. The Kier molecular flexibility index (Phi) is 4.30. The lowest BCUT2D eigenvalue weighted by Gasteiger charge is -2.28. The van der Waals surface area contributed by atoms with Crippen LogP contribution in [0.2, 0.25) is 0 Å². The summed E-state index contributed by atoms with van der Waals surface area (Å²) in [4.78, 5) is 32.0. The third kappa shape index (κ3) is 3.12. The van der Waals surface area contributed by atoms with E-state index in [0.717, 1.165) is 18.4 Å². The number of aromatic nitrogens is 4. The number of furan rings is 1. The van der Waals surface area contributed by atoms with Crippen LogP contribution < -0.4 is 10.1 Å². The average Bonchev–Trinajstić information content (AvgIpc) is 3.35. The van der Waals surface area contributed by atoms with Gasteiger partial charge in [-0.15, -0.1) is 0 Å². The lowest BCUT2D eigenvalue weighted by molar-refractivity contribution is 0.0728. The van der Waals surface area contributed by atoms with E-state index in [0.29, 0.717) is 46.9 Å². The Labute approximate surface area is 171 Å². The first-order chi connectivity index (χ1) is 14.5. The van der Waals surface area contributed by atoms with Gasteiger partial charge in [0.15, 0.2) is 0 Å². The molecule has 2 aliphatic rings. The number of alkyl halides is 1. The number of anilines is 1. The molecule has 3 aromatic heterocycles. The number of ether oxygens (including phenoxy) is 1. The zero-order valence-electron chi connectivity index (χ0n) is 16.7. The second-order valence-electron chi connectivity index (χ2n) is 7.96. The van der Waals surface area contributed by atoms with Gasteiger partial charge < -0.3 is 19.4 Å². The molecule has 1 aliphatic carbocycles. The van der Waals surface area contributed by atoms with Crippen LogP contribution in [0, 0.1) is 6.92 Å². The zero-order chi connectivity index (χ0) is 20.9. The molecule has 1 saturated carbocycles. The first kappa shape index (κ1) is 18.7. The molecule has 4 heterocycles. The van der Waals surface area contributed by atoms with Crippen molar-refractivity contribution in [3.63, 3.8) is 0 Å². The summed E-state index contributed by atoms with van der Waals surface area (Å²) in [6.45, 7) is 3.63. The van der Waals surface area contributed by atoms with E-state index in [9.17, 15) is 9.18 Å². The Bertz CT molecular complexity index is 1140. The smallest absolute Gasteiger partial charge is 0.258 e. The molecule has 10 heteroatoms. The van der Waals surface area contributed by atoms with Crippen molar-refractivity contribution < 1.29 is 18.3 Å². The topological polar surface area (TPSA) is 106 Å². The third-order valence-electron chi connectivity index (χ3n) is 5.74. The van der Waals surface area contributed by atoms with Gasteiger partial charge in [-0.05, 0) is 33.1 Å². The van der Waals surface area contributed by atoms with E-state index in [1.165, 1.54) is 12.7 Å². The van der Waals surface area contributed by atoms with Crippen LogP contribution in [0.4, 0.5) is 10.2 Å². The summed E-state index contributed by atoms with van der Waals surface area (Å²) in [6, 6.07) is 0. The number of carbonyl (C=O) groups is 1. The van der Waals surface area contributed by atoms with Crippen molar-refractivity contribution in [1.82, 2.24) is 24.8 Å². The summed E-state index contributed by atoms with van der Waals surface area (Å²) in [6.07, 6.45) is 5.33. The highest BCUT2D eigenvalue weighted by molar-refractivity contribution is 6.10. The van der Waals surface area contributed by atoms with Gasteiger partial charge in [0.05, 0.1) is 23.2 Å². The fourth-order valence-corrected chi connectivity index (χ4v) is 3.83. The van der Waals surface area contributed by atoms with Crippen LogP contribution in [0.5, 0.6) is 5.88 Å². The molecule has 9 nitrogen and oxygen atoms in total. The number of carbonyl (C=O) groups excluding carboxylic acids is 1. The van der Waals surface area contributed by atoms with E-state index >= 15 is 0 Å². The second-order valence-corrected chi connectivity index (χ2v) is 7.96. The fourth-order valence-electron chi connectivity index (χ4n) is 3.83. The Morgan fingerprint density at radius 1 is 1.30 bits per heavy atom. The molecular formula is C20H21FN6O3. The number of nitrogens with zero attached hydrogens (tertiary/aromatic N) is 5. The van der Waals surface area contributed by atoms with E-state index < -0.39 is 6.86 Å². The second kappa shape index (κ2) is 6.89. The largest absolute Gasteiger partial charge is 0.446 e. The predicted octanol–water partition coefficient (Wildman–Crippen LogP) is 2.79. The molecule has 0 atom stereocenters. The fraction of sp³-hybridized carbons (Fsp3) is 0.450. The lowest BCUT2D eigenvalue weighted by Crippen LogP contribution is -2.37. The normalized spacial score (nSPS) is 17.0. The molecule has 3 aromatic rings. The van der Waals surface area contributed by atoms with Crippen molar-refractivity contribution in [2.24, 2.45) is 0 Å². The van der Waals surface area contributed by atoms with Crippen molar-refractivity contribution in [3.8, 4) is 5.88 Å². The molecule has 0 saturated heterocycles. The number of hydrogen-bond acceptors (Lipinski definition) is 8. The van der Waals surface area contributed by atoms with E-state index in [1.54, 1.807) is 11.8 Å². The minimum absolute atomic E-state index is 0.0133. The molecule has 0 spiro atoms. The van der Waals surface area contributed by atoms with Gasteiger partial charge >= 0.3 is 0 Å². The van der Waals surface area contributed by atoms with Crippen LogP contribution in [0.3, 0.4) is 0 Å². The number of halogens is 1. The molecule has 30 heavy (non-hydrogen) atoms. The lowest BCUT2D eigenvalue weighted by atomic mass is 10.0. The number of fused-ring (bicyclic) bond motifs is 2. The summed E-state index contributed by atoms with van der Waals surface area (Å²) >= 11 is 0. The standard InChI is InChI=1S/C20H21FN6O3/c1-11-14(15-16(26-20(2)4-5-20)23-10-25-18(15)30-11)19(28)27-6-3-12-13(7-27)22-9-24-17(12)29-8-21/h9-10H,3-8H2,1-2H3,(H,23,25,26). The first-order valence-electron chi connectivity index (χ1n) is 9.82. The van der Waals surface area contributed by atoms with Gasteiger partial charge in [0.25, 0.3) is 5.91 Å². The van der Waals surface area contributed by atoms with E-state index in [1.807, 2.05) is 0 Å². The number of hydrogen-bond donors (Lipinski definition) is 1. The summed E-state index contributed by atoms with van der Waals surface area (Å²) in [5.74, 6) is 1.16. The van der Waals surface area contributed by atoms with Crippen molar-refractivity contribution in [2.75, 3.05) is 18.7 Å². The van der Waals surface area contributed by atoms with Crippen molar-refractivity contribution in [2.45, 2.75) is 45.2 Å². The number of amides is 1. The van der Waals surface area contributed by atoms with Crippen LogP contribution in [-0.4, -0.2) is 49.7 Å². The Morgan fingerprint density at radius 3 is 2.87 bits per heavy atom. The van der Waals surface area contributed by atoms with Crippen LogP contribution in [-0.2, 0) is 13.0 Å². The van der Waals surface area contributed by atoms with Gasteiger partial charge in [-0.2, -0.15) is 0 Å². The van der Waals surface area contributed by atoms with Crippen LogP contribution in [0.15, 0.2) is 17.1 Å². The summed E-state index contributed by atoms with van der Waals surface area (Å²) in [5, 5.41) is 4.03. The Morgan fingerprint density at radius 2 is 2.10 bits per heavy atom. The van der Waals surface area contributed by atoms with Gasteiger partial charge in [-0.3, -0.25) is 4.79 Å². The highest BCUT2D eigenvalue weighted by atomic mass is 19.1. The molecule has 5 rings (SSSR count). The molecule has 0 aromatic carbocycles. The number of aryl methyl sites for hydroxylation is 1. The SMILES string of the molecule is Cc1oc2ncnc(NC3(C)CC3)c2c1C(=O)N1CCc2c(ncnc2OCF)C1. The summed E-state index contributed by atoms with van der Waals surface area (Å²) in [5.41, 5.74) is 2.21. The van der Waals surface area contributed by atoms with Crippen molar-refractivity contribution in [3.05, 3.63) is 35.2 Å². The Hall–Kier alpha value is -3.30. The van der Waals surface area contributed by atoms with Crippen molar-refractivity contribution >= 4 is 22.8 Å². The van der Waals surface area contributed by atoms with E-state index in [4.69, 9.17) is 9.15 Å². The molecule has 0 bridgehead atoms. The van der Waals surface area contributed by atoms with Crippen LogP contribution in [0.1, 0.15) is 47.1 Å². The first-order valence-corrected chi connectivity index (χ1v) is 9.82. The molecule has 1 aliphatic heterocycles. The minimum atomic E-state index is -0.957. The molecule has 1 amide bonds. The minimum Gasteiger partial charge on any atom is -0.446 e. The maximum Gasteiger partial charge on any atom is 0.258 e. The van der Waals surface area contributed by atoms with E-state index in [-0.39, 0.29) is 23.9 Å². The molecule has 1 fully saturated rings. The summed E-state index contributed by atoms with van der Waals surface area (Å²) in [7, 11) is 0. The van der Waals surface area contributed by atoms with Gasteiger partial charge in [0.2, 0.25) is 18.5 Å². The zero-order valence-corrected chi connectivity index (χ0v) is 16.7. The van der Waals surface area contributed by atoms with Gasteiger partial charge in [0, 0.05) is 17.6 Å². The highest BCUT2D eigenvalue weighted by Crippen LogP contribution is 2.40. The summed E-state index contributed by atoms with van der Waals surface area (Å²) < 4.78 is 23.4. The monoisotopic (exact) mass is 412 g/mol. The Balaban J connectivity index is 1.50. The maximum absolute atomic E-state index is 13.5. The van der Waals surface area contributed by atoms with Crippen molar-refractivity contribution in [1.29, 1.82) is 0 Å². The highest BCUT2D eigenvalue weighted by Gasteiger charge is 2.39. The van der Waals surface area contributed by atoms with Crippen LogP contribution >= 0.6 is 0 Å². The molecule has 1 N–H and O–H groups in total. The molecule has 0 radical (unpaired) electrons. The maximum atomic E-state index is 13.5. The third-order valence-corrected chi connectivity index (χ3v) is 5.74. The quantitative estimate of drug-likeness (QED) is 0.682. The molecular weight excluding hydrogens is 391 g/mol. The van der Waals surface area contributed by atoms with E-state index in [2.05, 4.69) is 32.2 Å². The van der Waals surface area contributed by atoms with Gasteiger partial charge in [0.1, 0.15) is 24.2 Å². The predicted molar refractivity (Wildman–Crippen MR) is 105 cm³/mol. The molecule has 0 unspecified atom stereocenters. The van der Waals surface area contributed by atoms with Crippen LogP contribution in [0.25, 0.3) is 11.1 Å². The van der Waals surface area contributed by atoms with Gasteiger partial charge in [-0.1, -0.05) is 0 Å². The molecule has 156 valence electrons. The average molecular weight is 412 g/mol.